The average molecular weight is 483 g/mol. The van der Waals surface area contributed by atoms with E-state index in [2.05, 4.69) is 15.6 Å². The molecule has 0 bridgehead atoms. The number of hydrogen-bond donors (Lipinski definition) is 3. The molecule has 0 spiro atoms. The van der Waals surface area contributed by atoms with E-state index in [4.69, 9.17) is 4.74 Å². The minimum atomic E-state index is -0.00475. The van der Waals surface area contributed by atoms with E-state index in [1.165, 1.54) is 0 Å². The van der Waals surface area contributed by atoms with Crippen molar-refractivity contribution in [1.82, 2.24) is 10.6 Å². The molecule has 27 heavy (non-hydrogen) atoms. The van der Waals surface area contributed by atoms with Gasteiger partial charge in [-0.05, 0) is 31.0 Å². The van der Waals surface area contributed by atoms with E-state index in [1.807, 2.05) is 68.4 Å². The van der Waals surface area contributed by atoms with E-state index in [1.54, 1.807) is 0 Å². The quantitative estimate of drug-likeness (QED) is 0.222. The van der Waals surface area contributed by atoms with E-state index < -0.39 is 0 Å². The molecule has 1 unspecified atom stereocenters. The lowest BCUT2D eigenvalue weighted by Crippen LogP contribution is -2.39. The molecule has 1 atom stereocenters. The summed E-state index contributed by atoms with van der Waals surface area (Å²) in [7, 11) is 0. The lowest BCUT2D eigenvalue weighted by atomic mass is 10.0. The summed E-state index contributed by atoms with van der Waals surface area (Å²) in [5.41, 5.74) is 2.22. The van der Waals surface area contributed by atoms with E-state index in [0.29, 0.717) is 19.7 Å². The molecule has 0 saturated carbocycles. The summed E-state index contributed by atoms with van der Waals surface area (Å²) in [4.78, 5) is 4.60. The molecule has 5 nitrogen and oxygen atoms in total. The summed E-state index contributed by atoms with van der Waals surface area (Å²) < 4.78 is 5.80. The number of para-hydroxylation sites is 1. The van der Waals surface area contributed by atoms with E-state index in [-0.39, 0.29) is 36.5 Å². The molecule has 2 aromatic rings. The zero-order chi connectivity index (χ0) is 18.6. The molecule has 2 rings (SSSR count). The number of benzene rings is 2. The smallest absolute Gasteiger partial charge is 0.191 e. The predicted molar refractivity (Wildman–Crippen MR) is 122 cm³/mol. The second-order valence-corrected chi connectivity index (χ2v) is 6.05. The lowest BCUT2D eigenvalue weighted by molar-refractivity contribution is 0.268. The molecule has 6 heteroatoms. The van der Waals surface area contributed by atoms with Crippen LogP contribution in [0.4, 0.5) is 0 Å². The van der Waals surface area contributed by atoms with Gasteiger partial charge in [0.15, 0.2) is 5.96 Å². The van der Waals surface area contributed by atoms with Crippen LogP contribution in [0, 0.1) is 6.92 Å². The number of aryl methyl sites for hydroxylation is 1. The number of guanidine groups is 1. The normalized spacial score (nSPS) is 12.0. The summed E-state index contributed by atoms with van der Waals surface area (Å²) in [5.74, 6) is 1.63. The lowest BCUT2D eigenvalue weighted by Gasteiger charge is -2.15. The van der Waals surface area contributed by atoms with Gasteiger partial charge in [0.05, 0.1) is 19.7 Å². The third-order valence-corrected chi connectivity index (χ3v) is 4.05. The molecule has 148 valence electrons. The number of aliphatic imine (C=N–C) groups is 1. The molecule has 0 aliphatic carbocycles. The maximum atomic E-state index is 9.66. The van der Waals surface area contributed by atoms with Crippen molar-refractivity contribution in [3.05, 3.63) is 65.7 Å². The van der Waals surface area contributed by atoms with E-state index >= 15 is 0 Å². The van der Waals surface area contributed by atoms with Crippen LogP contribution in [-0.2, 0) is 0 Å². The first-order valence-electron chi connectivity index (χ1n) is 9.11. The monoisotopic (exact) mass is 483 g/mol. The van der Waals surface area contributed by atoms with Crippen molar-refractivity contribution in [2.75, 3.05) is 32.8 Å². The van der Waals surface area contributed by atoms with Gasteiger partial charge < -0.3 is 20.5 Å². The number of nitrogens with one attached hydrogen (secondary N) is 2. The van der Waals surface area contributed by atoms with Gasteiger partial charge >= 0.3 is 0 Å². The molecule has 0 saturated heterocycles. The van der Waals surface area contributed by atoms with Gasteiger partial charge in [0, 0.05) is 12.5 Å². The number of nitrogens with zero attached hydrogens (tertiary/aromatic N) is 1. The first-order valence-corrected chi connectivity index (χ1v) is 9.11. The molecular formula is C21H30IN3O2. The molecule has 0 fully saturated rings. The van der Waals surface area contributed by atoms with Gasteiger partial charge in [-0.3, -0.25) is 4.99 Å². The van der Waals surface area contributed by atoms with Crippen LogP contribution >= 0.6 is 24.0 Å². The van der Waals surface area contributed by atoms with Crippen LogP contribution in [0.2, 0.25) is 0 Å². The maximum absolute atomic E-state index is 9.66. The van der Waals surface area contributed by atoms with Crippen molar-refractivity contribution >= 4 is 29.9 Å². The highest BCUT2D eigenvalue weighted by atomic mass is 127. The van der Waals surface area contributed by atoms with Gasteiger partial charge in [-0.25, -0.2) is 0 Å². The van der Waals surface area contributed by atoms with Gasteiger partial charge in [-0.15, -0.1) is 24.0 Å². The van der Waals surface area contributed by atoms with Crippen molar-refractivity contribution in [1.29, 1.82) is 0 Å². The molecule has 0 amide bonds. The van der Waals surface area contributed by atoms with Crippen LogP contribution in [0.5, 0.6) is 5.75 Å². The number of ether oxygens (including phenoxy) is 1. The molecule has 2 aromatic carbocycles. The van der Waals surface area contributed by atoms with Crippen LogP contribution in [0.3, 0.4) is 0 Å². The first-order chi connectivity index (χ1) is 12.7. The molecule has 3 N–H and O–H groups in total. The Morgan fingerprint density at radius 2 is 1.78 bits per heavy atom. The van der Waals surface area contributed by atoms with Crippen LogP contribution in [0.25, 0.3) is 0 Å². The first kappa shape index (κ1) is 23.2. The van der Waals surface area contributed by atoms with E-state index in [0.717, 1.165) is 29.4 Å². The Morgan fingerprint density at radius 1 is 1.07 bits per heavy atom. The standard InChI is InChI=1S/C21H29N3O2.HI/c1-3-22-21(23-13-14-26-20-12-8-7-9-17(20)2)24-15-19(16-25)18-10-5-4-6-11-18;/h4-12,19,25H,3,13-16H2,1-2H3,(H2,22,23,24);1H. The summed E-state index contributed by atoms with van der Waals surface area (Å²) >= 11 is 0. The van der Waals surface area contributed by atoms with Crippen molar-refractivity contribution in [3.8, 4) is 5.75 Å². The van der Waals surface area contributed by atoms with Crippen LogP contribution < -0.4 is 15.4 Å². The van der Waals surface area contributed by atoms with Gasteiger partial charge in [0.1, 0.15) is 12.4 Å². The number of halogens is 1. The molecule has 0 heterocycles. The highest BCUT2D eigenvalue weighted by Crippen LogP contribution is 2.16. The number of hydrogen-bond acceptors (Lipinski definition) is 3. The van der Waals surface area contributed by atoms with Crippen molar-refractivity contribution in [2.24, 2.45) is 4.99 Å². The van der Waals surface area contributed by atoms with Crippen molar-refractivity contribution in [3.63, 3.8) is 0 Å². The largest absolute Gasteiger partial charge is 0.491 e. The number of aliphatic hydroxyl groups excluding tert-OH is 1. The Morgan fingerprint density at radius 3 is 2.44 bits per heavy atom. The minimum Gasteiger partial charge on any atom is -0.491 e. The maximum Gasteiger partial charge on any atom is 0.191 e. The fraction of sp³-hybridized carbons (Fsp3) is 0.381. The van der Waals surface area contributed by atoms with Gasteiger partial charge in [0.25, 0.3) is 0 Å². The Bertz CT molecular complexity index is 680. The van der Waals surface area contributed by atoms with E-state index in [9.17, 15) is 5.11 Å². The summed E-state index contributed by atoms with van der Waals surface area (Å²) in [6.07, 6.45) is 0. The highest BCUT2D eigenvalue weighted by Gasteiger charge is 2.10. The Labute approximate surface area is 179 Å². The number of aliphatic hydroxyl groups is 1. The molecule has 0 aliphatic rings. The van der Waals surface area contributed by atoms with Crippen molar-refractivity contribution in [2.45, 2.75) is 19.8 Å². The number of rotatable bonds is 9. The Kier molecular flexibility index (Phi) is 11.5. The zero-order valence-corrected chi connectivity index (χ0v) is 18.4. The predicted octanol–water partition coefficient (Wildman–Crippen LogP) is 3.32. The summed E-state index contributed by atoms with van der Waals surface area (Å²) in [6.45, 7) is 6.64. The molecular weight excluding hydrogens is 453 g/mol. The summed E-state index contributed by atoms with van der Waals surface area (Å²) in [6, 6.07) is 18.0. The SMILES string of the molecule is CCNC(=NCC(CO)c1ccccc1)NCCOc1ccccc1C.I. The Balaban J connectivity index is 0.00000364. The van der Waals surface area contributed by atoms with Gasteiger partial charge in [-0.2, -0.15) is 0 Å². The molecule has 0 aromatic heterocycles. The average Bonchev–Trinajstić information content (AvgIpc) is 2.67. The summed E-state index contributed by atoms with van der Waals surface area (Å²) in [5, 5.41) is 16.2. The van der Waals surface area contributed by atoms with Crippen LogP contribution in [0.15, 0.2) is 59.6 Å². The van der Waals surface area contributed by atoms with Crippen molar-refractivity contribution < 1.29 is 9.84 Å². The molecule has 0 radical (unpaired) electrons. The second-order valence-electron chi connectivity index (χ2n) is 6.05. The fourth-order valence-electron chi connectivity index (χ4n) is 2.59. The minimum absolute atomic E-state index is 0. The van der Waals surface area contributed by atoms with Gasteiger partial charge in [0.2, 0.25) is 0 Å². The zero-order valence-electron chi connectivity index (χ0n) is 16.0. The second kappa shape index (κ2) is 13.4. The Hall–Kier alpha value is -1.80. The van der Waals surface area contributed by atoms with Gasteiger partial charge in [-0.1, -0.05) is 48.5 Å². The third kappa shape index (κ3) is 8.17. The van der Waals surface area contributed by atoms with Crippen LogP contribution in [0.1, 0.15) is 24.0 Å². The fourth-order valence-corrected chi connectivity index (χ4v) is 2.59. The molecule has 0 aliphatic heterocycles. The topological polar surface area (TPSA) is 65.9 Å². The highest BCUT2D eigenvalue weighted by molar-refractivity contribution is 14.0. The van der Waals surface area contributed by atoms with Crippen LogP contribution in [-0.4, -0.2) is 43.9 Å². The third-order valence-electron chi connectivity index (χ3n) is 4.05.